The van der Waals surface area contributed by atoms with Crippen molar-refractivity contribution in [3.8, 4) is 0 Å². The van der Waals surface area contributed by atoms with Gasteiger partial charge in [-0.15, -0.1) is 0 Å². The molecule has 1 saturated heterocycles. The van der Waals surface area contributed by atoms with Crippen LogP contribution in [0.4, 0.5) is 18.0 Å². The molecular formula is C25H29F3N2O4. The van der Waals surface area contributed by atoms with E-state index in [0.717, 1.165) is 24.2 Å². The van der Waals surface area contributed by atoms with Gasteiger partial charge in [0.15, 0.2) is 0 Å². The third-order valence-corrected chi connectivity index (χ3v) is 6.09. The number of carbonyl (C=O) groups is 1. The molecule has 0 spiro atoms. The fourth-order valence-corrected chi connectivity index (χ4v) is 4.65. The maximum absolute atomic E-state index is 12.8. The number of pyridine rings is 1. The average molecular weight is 479 g/mol. The molecule has 0 radical (unpaired) electrons. The van der Waals surface area contributed by atoms with Crippen LogP contribution in [-0.4, -0.2) is 34.3 Å². The number of amides is 1. The fraction of sp³-hybridized carbons (Fsp3) is 0.520. The molecule has 4 rings (SSSR count). The summed E-state index contributed by atoms with van der Waals surface area (Å²) in [6.07, 6.45) is -3.81. The molecule has 1 aromatic carbocycles. The van der Waals surface area contributed by atoms with Crippen LogP contribution >= 0.6 is 0 Å². The molecule has 6 nitrogen and oxygen atoms in total. The summed E-state index contributed by atoms with van der Waals surface area (Å²) >= 11 is 0. The molecule has 0 N–H and O–H groups in total. The summed E-state index contributed by atoms with van der Waals surface area (Å²) < 4.78 is 51.1. The summed E-state index contributed by atoms with van der Waals surface area (Å²) in [5.41, 5.74) is 0.818. The van der Waals surface area contributed by atoms with Crippen LogP contribution < -0.4 is 5.56 Å². The van der Waals surface area contributed by atoms with E-state index in [1.54, 1.807) is 15.5 Å². The average Bonchev–Trinajstić information content (AvgIpc) is 2.73. The Balaban J connectivity index is 1.43. The van der Waals surface area contributed by atoms with Crippen LogP contribution in [0.25, 0.3) is 0 Å². The second-order valence-corrected chi connectivity index (χ2v) is 10.1. The van der Waals surface area contributed by atoms with Crippen molar-refractivity contribution in [2.75, 3.05) is 13.1 Å². The van der Waals surface area contributed by atoms with E-state index in [4.69, 9.17) is 9.47 Å². The maximum atomic E-state index is 12.8. The molecule has 2 aliphatic heterocycles. The van der Waals surface area contributed by atoms with Gasteiger partial charge in [0.05, 0.1) is 18.8 Å². The van der Waals surface area contributed by atoms with Crippen LogP contribution in [0, 0.1) is 5.92 Å². The molecule has 184 valence electrons. The summed E-state index contributed by atoms with van der Waals surface area (Å²) in [7, 11) is 0. The minimum Gasteiger partial charge on any atom is -0.444 e. The van der Waals surface area contributed by atoms with Gasteiger partial charge in [0.2, 0.25) is 0 Å². The molecule has 0 aliphatic carbocycles. The third-order valence-electron chi connectivity index (χ3n) is 6.09. The zero-order valence-electron chi connectivity index (χ0n) is 19.5. The third kappa shape index (κ3) is 5.63. The van der Waals surface area contributed by atoms with Crippen molar-refractivity contribution in [2.45, 2.75) is 64.6 Å². The lowest BCUT2D eigenvalue weighted by Crippen LogP contribution is -2.50. The minimum absolute atomic E-state index is 0.0302. The van der Waals surface area contributed by atoms with Gasteiger partial charge in [0.25, 0.3) is 5.56 Å². The van der Waals surface area contributed by atoms with Gasteiger partial charge < -0.3 is 18.9 Å². The number of carbonyl (C=O) groups excluding carboxylic acids is 1. The van der Waals surface area contributed by atoms with Crippen LogP contribution in [0.1, 0.15) is 55.5 Å². The highest BCUT2D eigenvalue weighted by molar-refractivity contribution is 5.68. The van der Waals surface area contributed by atoms with E-state index in [1.165, 1.54) is 12.1 Å². The number of piperidine rings is 1. The maximum Gasteiger partial charge on any atom is 0.416 e. The van der Waals surface area contributed by atoms with Gasteiger partial charge in [0, 0.05) is 37.3 Å². The number of nitrogens with zero attached hydrogens (tertiary/aromatic N) is 2. The Labute approximate surface area is 196 Å². The summed E-state index contributed by atoms with van der Waals surface area (Å²) in [6, 6.07) is 8.31. The predicted octanol–water partition coefficient (Wildman–Crippen LogP) is 4.94. The summed E-state index contributed by atoms with van der Waals surface area (Å²) in [5, 5.41) is 0. The molecule has 1 unspecified atom stereocenters. The van der Waals surface area contributed by atoms with Gasteiger partial charge in [-0.05, 0) is 62.4 Å². The summed E-state index contributed by atoms with van der Waals surface area (Å²) in [4.78, 5) is 27.1. The molecule has 34 heavy (non-hydrogen) atoms. The highest BCUT2D eigenvalue weighted by Crippen LogP contribution is 2.36. The highest BCUT2D eigenvalue weighted by atomic mass is 19.4. The molecule has 3 heterocycles. The van der Waals surface area contributed by atoms with Crippen molar-refractivity contribution in [3.05, 3.63) is 69.1 Å². The number of fused-ring (bicyclic) bond motifs is 4. The molecule has 2 aliphatic rings. The largest absolute Gasteiger partial charge is 0.444 e. The number of likely N-dealkylation sites (tertiary alicyclic amines) is 1. The Hall–Kier alpha value is -2.81. The van der Waals surface area contributed by atoms with Gasteiger partial charge in [-0.1, -0.05) is 12.1 Å². The second kappa shape index (κ2) is 9.09. The van der Waals surface area contributed by atoms with Gasteiger partial charge in [0.1, 0.15) is 5.60 Å². The van der Waals surface area contributed by atoms with Crippen molar-refractivity contribution >= 4 is 6.09 Å². The molecule has 1 amide bonds. The number of aromatic nitrogens is 1. The lowest BCUT2D eigenvalue weighted by Gasteiger charge is -2.43. The highest BCUT2D eigenvalue weighted by Gasteiger charge is 2.38. The normalized spacial score (nSPS) is 20.1. The summed E-state index contributed by atoms with van der Waals surface area (Å²) in [6.45, 7) is 7.40. The van der Waals surface area contributed by atoms with Crippen molar-refractivity contribution in [3.63, 3.8) is 0 Å². The van der Waals surface area contributed by atoms with Crippen LogP contribution in [0.5, 0.6) is 0 Å². The topological polar surface area (TPSA) is 60.8 Å². The van der Waals surface area contributed by atoms with Crippen LogP contribution in [0.2, 0.25) is 0 Å². The minimum atomic E-state index is -4.37. The number of benzene rings is 1. The number of alkyl halides is 3. The molecule has 2 aromatic rings. The fourth-order valence-electron chi connectivity index (χ4n) is 4.65. The predicted molar refractivity (Wildman–Crippen MR) is 119 cm³/mol. The Morgan fingerprint density at radius 3 is 2.32 bits per heavy atom. The van der Waals surface area contributed by atoms with Gasteiger partial charge >= 0.3 is 12.3 Å². The number of halogens is 3. The molecule has 1 fully saturated rings. The molecular weight excluding hydrogens is 449 g/mol. The first-order chi connectivity index (χ1) is 15.9. The molecule has 2 bridgehead atoms. The molecule has 0 saturated carbocycles. The number of hydrogen-bond donors (Lipinski definition) is 0. The molecule has 2 atom stereocenters. The second-order valence-electron chi connectivity index (χ2n) is 10.1. The Morgan fingerprint density at radius 2 is 1.68 bits per heavy atom. The lowest BCUT2D eigenvalue weighted by molar-refractivity contribution is -0.137. The zero-order chi connectivity index (χ0) is 24.7. The number of rotatable bonds is 4. The van der Waals surface area contributed by atoms with Crippen molar-refractivity contribution in [2.24, 2.45) is 5.92 Å². The molecule has 1 aromatic heterocycles. The van der Waals surface area contributed by atoms with Crippen LogP contribution in [0.15, 0.2) is 41.2 Å². The summed E-state index contributed by atoms with van der Waals surface area (Å²) in [5.74, 6) is 0.223. The van der Waals surface area contributed by atoms with E-state index in [1.807, 2.05) is 26.8 Å². The van der Waals surface area contributed by atoms with E-state index in [-0.39, 0.29) is 36.7 Å². The van der Waals surface area contributed by atoms with E-state index in [0.29, 0.717) is 30.8 Å². The van der Waals surface area contributed by atoms with Crippen LogP contribution in [0.3, 0.4) is 0 Å². The van der Waals surface area contributed by atoms with E-state index >= 15 is 0 Å². The van der Waals surface area contributed by atoms with Crippen molar-refractivity contribution in [1.29, 1.82) is 0 Å². The Bertz CT molecular complexity index is 1100. The van der Waals surface area contributed by atoms with Crippen LogP contribution in [-0.2, 0) is 35.4 Å². The van der Waals surface area contributed by atoms with Gasteiger partial charge in [-0.25, -0.2) is 4.79 Å². The number of ether oxygens (including phenoxy) is 2. The van der Waals surface area contributed by atoms with Gasteiger partial charge in [-0.3, -0.25) is 4.79 Å². The van der Waals surface area contributed by atoms with Gasteiger partial charge in [-0.2, -0.15) is 13.2 Å². The first kappa shape index (κ1) is 24.3. The van der Waals surface area contributed by atoms with E-state index in [2.05, 4.69) is 0 Å². The Kier molecular flexibility index (Phi) is 6.50. The first-order valence-electron chi connectivity index (χ1n) is 11.3. The van der Waals surface area contributed by atoms with Crippen molar-refractivity contribution in [1.82, 2.24) is 9.47 Å². The SMILES string of the molecule is CC(C)(C)OC(=O)N1CC2C[C@@H](C1)c1cc(COCc3ccc(C(F)(F)F)cc3)cc(=O)n1C2. The smallest absolute Gasteiger partial charge is 0.416 e. The monoisotopic (exact) mass is 478 g/mol. The zero-order valence-corrected chi connectivity index (χ0v) is 19.5. The standard InChI is InChI=1S/C25H29F3N2O4/c1-24(2,3)34-23(32)29-11-18-8-19(13-29)21-9-17(10-22(31)30(21)12-18)15-33-14-16-4-6-20(7-5-16)25(26,27)28/h4-7,9-10,18-19H,8,11-15H2,1-3H3/t18?,19-/m0/s1. The Morgan fingerprint density at radius 1 is 1.00 bits per heavy atom. The van der Waals surface area contributed by atoms with E-state index < -0.39 is 17.3 Å². The number of hydrogen-bond acceptors (Lipinski definition) is 4. The lowest BCUT2D eigenvalue weighted by atomic mass is 9.83. The van der Waals surface area contributed by atoms with E-state index in [9.17, 15) is 22.8 Å². The quantitative estimate of drug-likeness (QED) is 0.625. The van der Waals surface area contributed by atoms with Crippen molar-refractivity contribution < 1.29 is 27.4 Å². The molecule has 9 heteroatoms. The first-order valence-corrected chi connectivity index (χ1v) is 11.3.